The summed E-state index contributed by atoms with van der Waals surface area (Å²) < 4.78 is 6.21. The SMILES string of the molecule is COc1ccc(/C=C/c2cccc(Br)c2)cc1. The van der Waals surface area contributed by atoms with Crippen LogP contribution in [0.15, 0.2) is 53.0 Å². The molecule has 0 spiro atoms. The van der Waals surface area contributed by atoms with Gasteiger partial charge in [0.25, 0.3) is 0 Å². The number of ether oxygens (including phenoxy) is 1. The van der Waals surface area contributed by atoms with Gasteiger partial charge in [0.15, 0.2) is 0 Å². The zero-order chi connectivity index (χ0) is 12.1. The summed E-state index contributed by atoms with van der Waals surface area (Å²) in [7, 11) is 1.67. The van der Waals surface area contributed by atoms with Gasteiger partial charge in [0.05, 0.1) is 7.11 Å². The van der Waals surface area contributed by atoms with E-state index < -0.39 is 0 Å². The number of hydrogen-bond donors (Lipinski definition) is 0. The van der Waals surface area contributed by atoms with E-state index in [-0.39, 0.29) is 0 Å². The Morgan fingerprint density at radius 3 is 2.29 bits per heavy atom. The summed E-state index contributed by atoms with van der Waals surface area (Å²) in [5, 5.41) is 0. The Bertz CT molecular complexity index is 515. The van der Waals surface area contributed by atoms with Crippen LogP contribution in [0.5, 0.6) is 5.75 Å². The predicted octanol–water partition coefficient (Wildman–Crippen LogP) is 4.63. The second-order valence-electron chi connectivity index (χ2n) is 3.66. The van der Waals surface area contributed by atoms with Gasteiger partial charge in [-0.2, -0.15) is 0 Å². The van der Waals surface area contributed by atoms with Gasteiger partial charge in [-0.05, 0) is 35.4 Å². The lowest BCUT2D eigenvalue weighted by atomic mass is 10.1. The fraction of sp³-hybridized carbons (Fsp3) is 0.0667. The molecule has 0 atom stereocenters. The minimum atomic E-state index is 0.879. The van der Waals surface area contributed by atoms with E-state index in [2.05, 4.69) is 40.2 Å². The highest BCUT2D eigenvalue weighted by molar-refractivity contribution is 9.10. The van der Waals surface area contributed by atoms with Crippen LogP contribution in [0.2, 0.25) is 0 Å². The van der Waals surface area contributed by atoms with Crippen LogP contribution in [0, 0.1) is 0 Å². The van der Waals surface area contributed by atoms with E-state index in [0.717, 1.165) is 15.8 Å². The van der Waals surface area contributed by atoms with E-state index in [1.54, 1.807) is 7.11 Å². The molecule has 2 aromatic rings. The van der Waals surface area contributed by atoms with Crippen LogP contribution in [0.25, 0.3) is 12.2 Å². The van der Waals surface area contributed by atoms with Crippen LogP contribution in [-0.4, -0.2) is 7.11 Å². The molecule has 2 heteroatoms. The molecule has 0 N–H and O–H groups in total. The van der Waals surface area contributed by atoms with E-state index >= 15 is 0 Å². The quantitative estimate of drug-likeness (QED) is 0.749. The number of methoxy groups -OCH3 is 1. The summed E-state index contributed by atoms with van der Waals surface area (Å²) in [4.78, 5) is 0. The topological polar surface area (TPSA) is 9.23 Å². The van der Waals surface area contributed by atoms with Crippen molar-refractivity contribution in [1.29, 1.82) is 0 Å². The molecule has 0 unspecified atom stereocenters. The molecule has 17 heavy (non-hydrogen) atoms. The molecule has 0 aliphatic carbocycles. The molecule has 2 aromatic carbocycles. The van der Waals surface area contributed by atoms with Crippen LogP contribution in [-0.2, 0) is 0 Å². The first-order valence-corrected chi connectivity index (χ1v) is 6.15. The molecule has 1 nitrogen and oxygen atoms in total. The van der Waals surface area contributed by atoms with E-state index in [0.29, 0.717) is 0 Å². The monoisotopic (exact) mass is 288 g/mol. The number of hydrogen-bond acceptors (Lipinski definition) is 1. The minimum Gasteiger partial charge on any atom is -0.497 e. The Morgan fingerprint density at radius 1 is 0.941 bits per heavy atom. The van der Waals surface area contributed by atoms with Crippen molar-refractivity contribution in [2.45, 2.75) is 0 Å². The van der Waals surface area contributed by atoms with Crippen molar-refractivity contribution in [3.63, 3.8) is 0 Å². The summed E-state index contributed by atoms with van der Waals surface area (Å²) in [6.07, 6.45) is 4.17. The predicted molar refractivity (Wildman–Crippen MR) is 76.1 cm³/mol. The lowest BCUT2D eigenvalue weighted by Gasteiger charge is -1.99. The van der Waals surface area contributed by atoms with Gasteiger partial charge in [0, 0.05) is 4.47 Å². The standard InChI is InChI=1S/C15H13BrO/c1-17-15-9-7-12(8-10-15)5-6-13-3-2-4-14(16)11-13/h2-11H,1H3/b6-5+. The summed E-state index contributed by atoms with van der Waals surface area (Å²) in [6, 6.07) is 16.2. The first-order valence-electron chi connectivity index (χ1n) is 5.35. The maximum Gasteiger partial charge on any atom is 0.118 e. The largest absolute Gasteiger partial charge is 0.497 e. The Labute approximate surface area is 110 Å². The van der Waals surface area contributed by atoms with Crippen molar-refractivity contribution in [2.24, 2.45) is 0 Å². The van der Waals surface area contributed by atoms with Gasteiger partial charge in [0.2, 0.25) is 0 Å². The summed E-state index contributed by atoms with van der Waals surface area (Å²) in [5.41, 5.74) is 2.33. The molecule has 0 saturated carbocycles. The smallest absolute Gasteiger partial charge is 0.118 e. The third kappa shape index (κ3) is 3.46. The highest BCUT2D eigenvalue weighted by Gasteiger charge is 1.91. The van der Waals surface area contributed by atoms with E-state index in [1.807, 2.05) is 36.4 Å². The van der Waals surface area contributed by atoms with Gasteiger partial charge >= 0.3 is 0 Å². The van der Waals surface area contributed by atoms with E-state index in [9.17, 15) is 0 Å². The molecule has 0 radical (unpaired) electrons. The maximum absolute atomic E-state index is 5.12. The molecule has 0 aliphatic rings. The first kappa shape index (κ1) is 11.9. The zero-order valence-electron chi connectivity index (χ0n) is 9.56. The third-order valence-corrected chi connectivity index (χ3v) is 2.93. The minimum absolute atomic E-state index is 0.879. The Morgan fingerprint density at radius 2 is 1.65 bits per heavy atom. The summed E-state index contributed by atoms with van der Waals surface area (Å²) in [6.45, 7) is 0. The fourth-order valence-corrected chi connectivity index (χ4v) is 1.93. The molecule has 86 valence electrons. The molecule has 0 fully saturated rings. The average Bonchev–Trinajstić information content (AvgIpc) is 2.37. The molecular formula is C15H13BrO. The van der Waals surface area contributed by atoms with Crippen LogP contribution in [0.4, 0.5) is 0 Å². The third-order valence-electron chi connectivity index (χ3n) is 2.43. The van der Waals surface area contributed by atoms with Crippen molar-refractivity contribution in [3.05, 3.63) is 64.1 Å². The molecule has 0 heterocycles. The second kappa shape index (κ2) is 5.69. The van der Waals surface area contributed by atoms with Crippen molar-refractivity contribution in [2.75, 3.05) is 7.11 Å². The van der Waals surface area contributed by atoms with Crippen molar-refractivity contribution in [3.8, 4) is 5.75 Å². The van der Waals surface area contributed by atoms with Gasteiger partial charge in [-0.15, -0.1) is 0 Å². The van der Waals surface area contributed by atoms with E-state index in [1.165, 1.54) is 5.56 Å². The molecule has 0 aromatic heterocycles. The molecule has 0 aliphatic heterocycles. The van der Waals surface area contributed by atoms with E-state index in [4.69, 9.17) is 4.74 Å². The summed E-state index contributed by atoms with van der Waals surface area (Å²) in [5.74, 6) is 0.879. The molecule has 0 bridgehead atoms. The number of benzene rings is 2. The van der Waals surface area contributed by atoms with Crippen molar-refractivity contribution in [1.82, 2.24) is 0 Å². The Balaban J connectivity index is 2.14. The second-order valence-corrected chi connectivity index (χ2v) is 4.58. The van der Waals surface area contributed by atoms with Gasteiger partial charge in [-0.25, -0.2) is 0 Å². The molecule has 0 saturated heterocycles. The first-order chi connectivity index (χ1) is 8.28. The summed E-state index contributed by atoms with van der Waals surface area (Å²) >= 11 is 3.46. The Kier molecular flexibility index (Phi) is 3.99. The normalized spacial score (nSPS) is 10.7. The number of rotatable bonds is 3. The van der Waals surface area contributed by atoms with Crippen LogP contribution in [0.3, 0.4) is 0 Å². The van der Waals surface area contributed by atoms with Gasteiger partial charge in [-0.3, -0.25) is 0 Å². The Hall–Kier alpha value is -1.54. The van der Waals surface area contributed by atoms with Crippen LogP contribution in [0.1, 0.15) is 11.1 Å². The number of halogens is 1. The van der Waals surface area contributed by atoms with Crippen molar-refractivity contribution < 1.29 is 4.74 Å². The lowest BCUT2D eigenvalue weighted by molar-refractivity contribution is 0.415. The lowest BCUT2D eigenvalue weighted by Crippen LogP contribution is -1.81. The van der Waals surface area contributed by atoms with Gasteiger partial charge < -0.3 is 4.74 Å². The molecule has 2 rings (SSSR count). The van der Waals surface area contributed by atoms with Crippen LogP contribution >= 0.6 is 15.9 Å². The maximum atomic E-state index is 5.12. The molecular weight excluding hydrogens is 276 g/mol. The highest BCUT2D eigenvalue weighted by atomic mass is 79.9. The zero-order valence-corrected chi connectivity index (χ0v) is 11.1. The highest BCUT2D eigenvalue weighted by Crippen LogP contribution is 2.16. The van der Waals surface area contributed by atoms with Gasteiger partial charge in [-0.1, -0.05) is 52.3 Å². The van der Waals surface area contributed by atoms with Crippen LogP contribution < -0.4 is 4.74 Å². The average molecular weight is 289 g/mol. The van der Waals surface area contributed by atoms with Crippen molar-refractivity contribution >= 4 is 28.1 Å². The fourth-order valence-electron chi connectivity index (χ4n) is 1.52. The molecule has 0 amide bonds. The van der Waals surface area contributed by atoms with Gasteiger partial charge in [0.1, 0.15) is 5.75 Å².